The number of aryl methyl sites for hydroxylation is 2. The Morgan fingerprint density at radius 1 is 1.23 bits per heavy atom. The van der Waals surface area contributed by atoms with Gasteiger partial charge in [0.05, 0.1) is 5.69 Å². The number of aromatic nitrogens is 3. The highest BCUT2D eigenvalue weighted by atomic mass is 16.3. The Bertz CT molecular complexity index is 774. The van der Waals surface area contributed by atoms with Crippen LogP contribution in [0, 0.1) is 6.92 Å². The highest BCUT2D eigenvalue weighted by Gasteiger charge is 2.08. The fourth-order valence-corrected chi connectivity index (χ4v) is 2.31. The minimum Gasteiger partial charge on any atom is -0.460 e. The summed E-state index contributed by atoms with van der Waals surface area (Å²) in [5.41, 5.74) is 8.55. The van der Waals surface area contributed by atoms with E-state index in [2.05, 4.69) is 25.9 Å². The van der Waals surface area contributed by atoms with Gasteiger partial charge in [0.2, 0.25) is 5.95 Å². The van der Waals surface area contributed by atoms with Gasteiger partial charge in [-0.05, 0) is 37.3 Å². The van der Waals surface area contributed by atoms with Gasteiger partial charge in [0.15, 0.2) is 5.76 Å². The number of nitrogens with zero attached hydrogens (tertiary/aromatic N) is 3. The first-order valence-corrected chi connectivity index (χ1v) is 7.13. The lowest BCUT2D eigenvalue weighted by Crippen LogP contribution is -2.16. The number of nitrogens with two attached hydrogens (primary N) is 1. The van der Waals surface area contributed by atoms with E-state index in [0.29, 0.717) is 18.0 Å². The molecule has 0 atom stereocenters. The summed E-state index contributed by atoms with van der Waals surface area (Å²) >= 11 is 0. The third-order valence-corrected chi connectivity index (χ3v) is 3.45. The Hall–Kier alpha value is -2.60. The molecule has 0 amide bonds. The molecule has 0 unspecified atom stereocenters. The Balaban J connectivity index is 1.71. The second-order valence-corrected chi connectivity index (χ2v) is 5.23. The van der Waals surface area contributed by atoms with Gasteiger partial charge < -0.3 is 20.0 Å². The average Bonchev–Trinajstić information content (AvgIpc) is 3.08. The molecule has 22 heavy (non-hydrogen) atoms. The third-order valence-electron chi connectivity index (χ3n) is 3.45. The van der Waals surface area contributed by atoms with Crippen LogP contribution in [0.15, 0.2) is 40.9 Å². The van der Waals surface area contributed by atoms with E-state index in [1.54, 1.807) is 0 Å². The summed E-state index contributed by atoms with van der Waals surface area (Å²) in [5, 5.41) is 3.36. The van der Waals surface area contributed by atoms with Crippen LogP contribution in [0.3, 0.4) is 0 Å². The number of rotatable bonds is 5. The van der Waals surface area contributed by atoms with Gasteiger partial charge in [0, 0.05) is 32.0 Å². The molecule has 0 bridgehead atoms. The zero-order valence-corrected chi connectivity index (χ0v) is 12.7. The maximum atomic E-state index is 5.80. The first kappa shape index (κ1) is 14.3. The number of hydrogen-bond acceptors (Lipinski definition) is 5. The van der Waals surface area contributed by atoms with Gasteiger partial charge in [-0.25, -0.2) is 9.97 Å². The number of nitrogen functional groups attached to an aromatic ring is 1. The smallest absolute Gasteiger partial charge is 0.220 e. The van der Waals surface area contributed by atoms with Crippen LogP contribution in [-0.2, 0) is 20.1 Å². The molecule has 0 aliphatic carbocycles. The molecule has 0 saturated carbocycles. The molecule has 0 saturated heterocycles. The molecular weight excluding hydrogens is 278 g/mol. The number of furan rings is 1. The van der Waals surface area contributed by atoms with Gasteiger partial charge in [-0.3, -0.25) is 0 Å². The van der Waals surface area contributed by atoms with E-state index in [-0.39, 0.29) is 5.95 Å². The van der Waals surface area contributed by atoms with Gasteiger partial charge in [0.1, 0.15) is 11.5 Å². The average molecular weight is 297 g/mol. The predicted molar refractivity (Wildman–Crippen MR) is 84.8 cm³/mol. The lowest BCUT2D eigenvalue weighted by molar-refractivity contribution is 0.546. The van der Waals surface area contributed by atoms with Gasteiger partial charge in [-0.15, -0.1) is 0 Å². The van der Waals surface area contributed by atoms with E-state index in [9.17, 15) is 0 Å². The standard InChI is InChI=1S/C16H19N5O/c1-11-5-6-15(22-11)14-8-12(19-16(17)20-14)9-18-10-13-4-3-7-21(13)2/h3-8,18H,9-10H2,1-2H3,(H2,17,19,20). The van der Waals surface area contributed by atoms with Crippen LogP contribution in [-0.4, -0.2) is 14.5 Å². The molecule has 0 aliphatic rings. The second-order valence-electron chi connectivity index (χ2n) is 5.23. The Kier molecular flexibility index (Phi) is 3.93. The van der Waals surface area contributed by atoms with Crippen LogP contribution in [0.2, 0.25) is 0 Å². The molecule has 0 aromatic carbocycles. The molecule has 3 aromatic rings. The van der Waals surface area contributed by atoms with Crippen molar-refractivity contribution >= 4 is 5.95 Å². The van der Waals surface area contributed by atoms with Crippen molar-refractivity contribution in [2.24, 2.45) is 7.05 Å². The minimum absolute atomic E-state index is 0.252. The van der Waals surface area contributed by atoms with Crippen molar-refractivity contribution in [3.05, 3.63) is 53.7 Å². The first-order chi connectivity index (χ1) is 10.6. The molecule has 0 aliphatic heterocycles. The molecule has 0 spiro atoms. The molecule has 0 radical (unpaired) electrons. The van der Waals surface area contributed by atoms with Crippen molar-refractivity contribution in [2.45, 2.75) is 20.0 Å². The monoisotopic (exact) mass is 297 g/mol. The Morgan fingerprint density at radius 3 is 2.77 bits per heavy atom. The number of hydrogen-bond donors (Lipinski definition) is 2. The predicted octanol–water partition coefficient (Wildman–Crippen LogP) is 2.26. The van der Waals surface area contributed by atoms with Crippen LogP contribution in [0.4, 0.5) is 5.95 Å². The molecule has 3 N–H and O–H groups in total. The largest absolute Gasteiger partial charge is 0.460 e. The number of anilines is 1. The molecule has 3 heterocycles. The molecular formula is C16H19N5O. The maximum Gasteiger partial charge on any atom is 0.220 e. The number of nitrogens with one attached hydrogen (secondary N) is 1. The van der Waals surface area contributed by atoms with Crippen LogP contribution in [0.25, 0.3) is 11.5 Å². The van der Waals surface area contributed by atoms with E-state index < -0.39 is 0 Å². The first-order valence-electron chi connectivity index (χ1n) is 7.13. The van der Waals surface area contributed by atoms with Gasteiger partial charge in [-0.1, -0.05) is 0 Å². The normalized spacial score (nSPS) is 11.0. The van der Waals surface area contributed by atoms with E-state index in [0.717, 1.165) is 18.0 Å². The van der Waals surface area contributed by atoms with Crippen molar-refractivity contribution in [1.82, 2.24) is 19.9 Å². The molecule has 6 nitrogen and oxygen atoms in total. The van der Waals surface area contributed by atoms with E-state index >= 15 is 0 Å². The third kappa shape index (κ3) is 3.17. The van der Waals surface area contributed by atoms with Gasteiger partial charge >= 0.3 is 0 Å². The van der Waals surface area contributed by atoms with Crippen LogP contribution >= 0.6 is 0 Å². The minimum atomic E-state index is 0.252. The summed E-state index contributed by atoms with van der Waals surface area (Å²) in [6.07, 6.45) is 2.02. The van der Waals surface area contributed by atoms with Crippen molar-refractivity contribution < 1.29 is 4.42 Å². The van der Waals surface area contributed by atoms with Gasteiger partial charge in [0.25, 0.3) is 0 Å². The van der Waals surface area contributed by atoms with Gasteiger partial charge in [-0.2, -0.15) is 0 Å². The zero-order chi connectivity index (χ0) is 15.5. The molecule has 0 fully saturated rings. The quantitative estimate of drug-likeness (QED) is 0.755. The van der Waals surface area contributed by atoms with E-state index in [4.69, 9.17) is 10.2 Å². The summed E-state index contributed by atoms with van der Waals surface area (Å²) in [5.74, 6) is 1.80. The summed E-state index contributed by atoms with van der Waals surface area (Å²) in [6, 6.07) is 9.79. The van der Waals surface area contributed by atoms with E-state index in [1.165, 1.54) is 5.69 Å². The van der Waals surface area contributed by atoms with Crippen LogP contribution in [0.5, 0.6) is 0 Å². The molecule has 114 valence electrons. The zero-order valence-electron chi connectivity index (χ0n) is 12.7. The lowest BCUT2D eigenvalue weighted by atomic mass is 10.2. The van der Waals surface area contributed by atoms with Crippen LogP contribution in [0.1, 0.15) is 17.1 Å². The molecule has 3 rings (SSSR count). The van der Waals surface area contributed by atoms with Crippen molar-refractivity contribution in [3.63, 3.8) is 0 Å². The summed E-state index contributed by atoms with van der Waals surface area (Å²) < 4.78 is 7.67. The fraction of sp³-hybridized carbons (Fsp3) is 0.250. The molecule has 3 aromatic heterocycles. The topological polar surface area (TPSA) is 81.9 Å². The highest BCUT2D eigenvalue weighted by Crippen LogP contribution is 2.21. The van der Waals surface area contributed by atoms with E-state index in [1.807, 2.05) is 44.4 Å². The Morgan fingerprint density at radius 2 is 2.09 bits per heavy atom. The van der Waals surface area contributed by atoms with Crippen molar-refractivity contribution in [3.8, 4) is 11.5 Å². The lowest BCUT2D eigenvalue weighted by Gasteiger charge is -2.07. The maximum absolute atomic E-state index is 5.80. The van der Waals surface area contributed by atoms with Crippen molar-refractivity contribution in [1.29, 1.82) is 0 Å². The van der Waals surface area contributed by atoms with Crippen molar-refractivity contribution in [2.75, 3.05) is 5.73 Å². The highest BCUT2D eigenvalue weighted by molar-refractivity contribution is 5.54. The summed E-state index contributed by atoms with van der Waals surface area (Å²) in [4.78, 5) is 8.49. The second kappa shape index (κ2) is 6.03. The fourth-order valence-electron chi connectivity index (χ4n) is 2.31. The SMILES string of the molecule is Cc1ccc(-c2cc(CNCc3cccn3C)nc(N)n2)o1. The van der Waals surface area contributed by atoms with Crippen LogP contribution < -0.4 is 11.1 Å². The summed E-state index contributed by atoms with van der Waals surface area (Å²) in [6.45, 7) is 3.28. The molecule has 6 heteroatoms. The summed E-state index contributed by atoms with van der Waals surface area (Å²) in [7, 11) is 2.02. The Labute approximate surface area is 129 Å².